The summed E-state index contributed by atoms with van der Waals surface area (Å²) in [4.78, 5) is 18.9. The lowest BCUT2D eigenvalue weighted by molar-refractivity contribution is 0.143. The molecule has 3 heterocycles. The molecule has 0 unspecified atom stereocenters. The van der Waals surface area contributed by atoms with Gasteiger partial charge in [0.05, 0.1) is 5.69 Å². The molecule has 0 radical (unpaired) electrons. The molecule has 0 bridgehead atoms. The fourth-order valence-corrected chi connectivity index (χ4v) is 2.42. The Balaban J connectivity index is 1.90. The van der Waals surface area contributed by atoms with Crippen LogP contribution in [0.3, 0.4) is 0 Å². The van der Waals surface area contributed by atoms with Gasteiger partial charge in [0.1, 0.15) is 5.65 Å². The maximum absolute atomic E-state index is 12.0. The van der Waals surface area contributed by atoms with Crippen molar-refractivity contribution in [1.29, 1.82) is 0 Å². The molecule has 0 aliphatic carbocycles. The van der Waals surface area contributed by atoms with Gasteiger partial charge in [-0.3, -0.25) is 14.1 Å². The van der Waals surface area contributed by atoms with Crippen LogP contribution in [0.4, 0.5) is 0 Å². The maximum atomic E-state index is 12.0. The summed E-state index contributed by atoms with van der Waals surface area (Å²) in [7, 11) is 0. The highest BCUT2D eigenvalue weighted by Crippen LogP contribution is 2.09. The van der Waals surface area contributed by atoms with E-state index >= 15 is 0 Å². The SMILES string of the molecule is CCN(Cc1cc(=O)n2ccccc2n1)C1CNC1. The molecule has 1 fully saturated rings. The van der Waals surface area contributed by atoms with Crippen molar-refractivity contribution in [3.05, 3.63) is 46.5 Å². The van der Waals surface area contributed by atoms with Crippen LogP contribution in [0.1, 0.15) is 12.6 Å². The highest BCUT2D eigenvalue weighted by atomic mass is 16.1. The molecule has 1 aliphatic heterocycles. The minimum absolute atomic E-state index is 0.0108. The van der Waals surface area contributed by atoms with Crippen molar-refractivity contribution in [2.75, 3.05) is 19.6 Å². The number of fused-ring (bicyclic) bond motifs is 1. The second-order valence-electron chi connectivity index (χ2n) is 4.89. The predicted molar refractivity (Wildman–Crippen MR) is 74.2 cm³/mol. The van der Waals surface area contributed by atoms with Gasteiger partial charge in [0.2, 0.25) is 0 Å². The Bertz CT molecular complexity index is 633. The molecule has 0 spiro atoms. The number of hydrogen-bond donors (Lipinski definition) is 1. The molecule has 0 atom stereocenters. The molecule has 3 rings (SSSR count). The number of aromatic nitrogens is 2. The monoisotopic (exact) mass is 258 g/mol. The van der Waals surface area contributed by atoms with Crippen LogP contribution < -0.4 is 10.9 Å². The topological polar surface area (TPSA) is 49.6 Å². The van der Waals surface area contributed by atoms with Crippen LogP contribution in [-0.4, -0.2) is 40.0 Å². The molecule has 5 nitrogen and oxygen atoms in total. The fraction of sp³-hybridized carbons (Fsp3) is 0.429. The summed E-state index contributed by atoms with van der Waals surface area (Å²) < 4.78 is 1.57. The molecule has 1 saturated heterocycles. The summed E-state index contributed by atoms with van der Waals surface area (Å²) >= 11 is 0. The van der Waals surface area contributed by atoms with E-state index in [1.165, 1.54) is 0 Å². The van der Waals surface area contributed by atoms with Crippen LogP contribution >= 0.6 is 0 Å². The van der Waals surface area contributed by atoms with Gasteiger partial charge in [-0.2, -0.15) is 0 Å². The summed E-state index contributed by atoms with van der Waals surface area (Å²) in [5.41, 5.74) is 1.56. The Kier molecular flexibility index (Phi) is 3.31. The maximum Gasteiger partial charge on any atom is 0.258 e. The lowest BCUT2D eigenvalue weighted by Crippen LogP contribution is -2.56. The summed E-state index contributed by atoms with van der Waals surface area (Å²) in [6, 6.07) is 7.82. The Labute approximate surface area is 111 Å². The van der Waals surface area contributed by atoms with E-state index in [1.807, 2.05) is 18.2 Å². The summed E-state index contributed by atoms with van der Waals surface area (Å²) in [6.45, 7) is 5.92. The van der Waals surface area contributed by atoms with Crippen LogP contribution in [0.2, 0.25) is 0 Å². The van der Waals surface area contributed by atoms with Gasteiger partial charge in [0.25, 0.3) is 5.56 Å². The van der Waals surface area contributed by atoms with Crippen molar-refractivity contribution in [3.8, 4) is 0 Å². The zero-order chi connectivity index (χ0) is 13.2. The van der Waals surface area contributed by atoms with Gasteiger partial charge in [-0.25, -0.2) is 4.98 Å². The summed E-state index contributed by atoms with van der Waals surface area (Å²) in [5.74, 6) is 0. The minimum Gasteiger partial charge on any atom is -0.314 e. The Morgan fingerprint density at radius 2 is 2.32 bits per heavy atom. The van der Waals surface area contributed by atoms with Gasteiger partial charge < -0.3 is 5.32 Å². The van der Waals surface area contributed by atoms with Crippen molar-refractivity contribution in [3.63, 3.8) is 0 Å². The molecule has 100 valence electrons. The smallest absolute Gasteiger partial charge is 0.258 e. The lowest BCUT2D eigenvalue weighted by atomic mass is 10.1. The van der Waals surface area contributed by atoms with E-state index in [9.17, 15) is 4.79 Å². The van der Waals surface area contributed by atoms with Crippen LogP contribution in [0, 0.1) is 0 Å². The second kappa shape index (κ2) is 5.11. The lowest BCUT2D eigenvalue weighted by Gasteiger charge is -2.37. The van der Waals surface area contributed by atoms with E-state index < -0.39 is 0 Å². The number of nitrogens with one attached hydrogen (secondary N) is 1. The number of rotatable bonds is 4. The number of hydrogen-bond acceptors (Lipinski definition) is 4. The minimum atomic E-state index is -0.0108. The highest BCUT2D eigenvalue weighted by Gasteiger charge is 2.23. The van der Waals surface area contributed by atoms with Crippen molar-refractivity contribution in [2.45, 2.75) is 19.5 Å². The van der Waals surface area contributed by atoms with Crippen molar-refractivity contribution in [1.82, 2.24) is 19.6 Å². The normalized spacial score (nSPS) is 15.9. The predicted octanol–water partition coefficient (Wildman–Crippen LogP) is 0.488. The standard InChI is InChI=1S/C14H18N4O/c1-2-17(12-8-15-9-12)10-11-7-14(19)18-6-4-3-5-13(18)16-11/h3-7,12,15H,2,8-10H2,1H3. The van der Waals surface area contributed by atoms with E-state index in [2.05, 4.69) is 22.1 Å². The Morgan fingerprint density at radius 3 is 3.00 bits per heavy atom. The molecule has 1 N–H and O–H groups in total. The van der Waals surface area contributed by atoms with E-state index in [1.54, 1.807) is 16.7 Å². The first-order valence-corrected chi connectivity index (χ1v) is 6.70. The third-order valence-corrected chi connectivity index (χ3v) is 3.67. The number of nitrogens with zero attached hydrogens (tertiary/aromatic N) is 3. The number of likely N-dealkylation sites (N-methyl/N-ethyl adjacent to an activating group) is 1. The van der Waals surface area contributed by atoms with E-state index in [4.69, 9.17) is 0 Å². The molecule has 0 amide bonds. The zero-order valence-corrected chi connectivity index (χ0v) is 11.0. The molecule has 2 aromatic heterocycles. The first-order chi connectivity index (χ1) is 9.28. The van der Waals surface area contributed by atoms with Crippen LogP contribution in [0.5, 0.6) is 0 Å². The summed E-state index contributed by atoms with van der Waals surface area (Å²) in [5, 5.41) is 3.27. The van der Waals surface area contributed by atoms with Gasteiger partial charge in [0, 0.05) is 37.9 Å². The molecular weight excluding hydrogens is 240 g/mol. The second-order valence-corrected chi connectivity index (χ2v) is 4.89. The Morgan fingerprint density at radius 1 is 1.47 bits per heavy atom. The van der Waals surface area contributed by atoms with Gasteiger partial charge in [-0.1, -0.05) is 13.0 Å². The van der Waals surface area contributed by atoms with Gasteiger partial charge in [-0.05, 0) is 18.7 Å². The molecular formula is C14H18N4O. The third kappa shape index (κ3) is 2.39. The fourth-order valence-electron chi connectivity index (χ4n) is 2.42. The third-order valence-electron chi connectivity index (χ3n) is 3.67. The van der Waals surface area contributed by atoms with Gasteiger partial charge >= 0.3 is 0 Å². The van der Waals surface area contributed by atoms with Gasteiger partial charge in [0.15, 0.2) is 0 Å². The van der Waals surface area contributed by atoms with E-state index in [0.29, 0.717) is 11.7 Å². The number of pyridine rings is 1. The Hall–Kier alpha value is -1.72. The van der Waals surface area contributed by atoms with Crippen molar-refractivity contribution >= 4 is 5.65 Å². The average Bonchev–Trinajstić information content (AvgIpc) is 2.36. The first-order valence-electron chi connectivity index (χ1n) is 6.70. The van der Waals surface area contributed by atoms with Crippen LogP contribution in [0.25, 0.3) is 5.65 Å². The van der Waals surface area contributed by atoms with E-state index in [0.717, 1.165) is 31.9 Å². The quantitative estimate of drug-likeness (QED) is 0.867. The molecule has 1 aliphatic rings. The average molecular weight is 258 g/mol. The molecule has 5 heteroatoms. The highest BCUT2D eigenvalue weighted by molar-refractivity contribution is 5.37. The van der Waals surface area contributed by atoms with Gasteiger partial charge in [-0.15, -0.1) is 0 Å². The summed E-state index contributed by atoms with van der Waals surface area (Å²) in [6.07, 6.45) is 1.75. The molecule has 2 aromatic rings. The molecule has 0 aromatic carbocycles. The van der Waals surface area contributed by atoms with Crippen molar-refractivity contribution in [2.24, 2.45) is 0 Å². The first kappa shape index (κ1) is 12.3. The molecule has 0 saturated carbocycles. The van der Waals surface area contributed by atoms with E-state index in [-0.39, 0.29) is 5.56 Å². The molecule has 19 heavy (non-hydrogen) atoms. The zero-order valence-electron chi connectivity index (χ0n) is 11.0. The van der Waals surface area contributed by atoms with Crippen LogP contribution in [0.15, 0.2) is 35.3 Å². The van der Waals surface area contributed by atoms with Crippen LogP contribution in [-0.2, 0) is 6.54 Å². The van der Waals surface area contributed by atoms with Crippen molar-refractivity contribution < 1.29 is 0 Å². The largest absolute Gasteiger partial charge is 0.314 e.